The number of hydrogen-bond acceptors (Lipinski definition) is 6. The summed E-state index contributed by atoms with van der Waals surface area (Å²) in [5.41, 5.74) is -0.285. The van der Waals surface area contributed by atoms with Crippen molar-refractivity contribution in [2.45, 2.75) is 24.3 Å². The molecule has 0 aromatic heterocycles. The molecule has 1 aromatic carbocycles. The predicted octanol–water partition coefficient (Wildman–Crippen LogP) is 0.591. The Kier molecular flexibility index (Phi) is 7.58. The Labute approximate surface area is 170 Å². The Morgan fingerprint density at radius 1 is 1.28 bits per heavy atom. The van der Waals surface area contributed by atoms with Crippen molar-refractivity contribution in [2.24, 2.45) is 5.92 Å². The van der Waals surface area contributed by atoms with Gasteiger partial charge in [-0.25, -0.2) is 17.5 Å². The predicted molar refractivity (Wildman–Crippen MR) is 105 cm³/mol. The van der Waals surface area contributed by atoms with Gasteiger partial charge >= 0.3 is 0 Å². The average molecular weight is 430 g/mol. The number of hydrogen-bond donors (Lipinski definition) is 2. The topological polar surface area (TPSA) is 97.0 Å². The highest BCUT2D eigenvalue weighted by Crippen LogP contribution is 2.22. The van der Waals surface area contributed by atoms with E-state index in [2.05, 4.69) is 14.9 Å². The van der Waals surface area contributed by atoms with E-state index in [-0.39, 0.29) is 29.0 Å². The standard InChI is InChI=1S/C19H28FN3O5S/c1-2-22-29(25,26)15-3-4-17(20)16(11-15)19(24)21-12-18(14-5-8-28-13-14)23-6-9-27-10-7-23/h3-4,11,14,18,22H,2,5-10,12-13H2,1H3,(H,21,24). The zero-order chi connectivity index (χ0) is 20.9. The highest BCUT2D eigenvalue weighted by Gasteiger charge is 2.32. The minimum atomic E-state index is -3.78. The molecule has 2 N–H and O–H groups in total. The molecule has 162 valence electrons. The van der Waals surface area contributed by atoms with Crippen LogP contribution in [-0.2, 0) is 19.5 Å². The number of benzene rings is 1. The van der Waals surface area contributed by atoms with Gasteiger partial charge in [0.2, 0.25) is 10.0 Å². The first kappa shape index (κ1) is 22.1. The molecule has 29 heavy (non-hydrogen) atoms. The molecule has 2 aliphatic heterocycles. The van der Waals surface area contributed by atoms with Gasteiger partial charge in [-0.05, 0) is 24.6 Å². The minimum absolute atomic E-state index is 0.0575. The molecule has 1 amide bonds. The lowest BCUT2D eigenvalue weighted by atomic mass is 9.96. The van der Waals surface area contributed by atoms with Crippen LogP contribution in [0.5, 0.6) is 0 Å². The van der Waals surface area contributed by atoms with E-state index in [0.717, 1.165) is 37.7 Å². The summed E-state index contributed by atoms with van der Waals surface area (Å²) in [6.45, 7) is 6.30. The maximum atomic E-state index is 14.3. The van der Waals surface area contributed by atoms with Crippen molar-refractivity contribution in [3.8, 4) is 0 Å². The number of ether oxygens (including phenoxy) is 2. The van der Waals surface area contributed by atoms with Crippen LogP contribution in [0, 0.1) is 11.7 Å². The molecule has 2 aliphatic rings. The fourth-order valence-electron chi connectivity index (χ4n) is 3.77. The van der Waals surface area contributed by atoms with E-state index < -0.39 is 21.7 Å². The number of nitrogens with zero attached hydrogens (tertiary/aromatic N) is 1. The molecule has 0 aliphatic carbocycles. The van der Waals surface area contributed by atoms with Crippen molar-refractivity contribution >= 4 is 15.9 Å². The van der Waals surface area contributed by atoms with Gasteiger partial charge in [0.1, 0.15) is 5.82 Å². The smallest absolute Gasteiger partial charge is 0.254 e. The number of morpholine rings is 1. The maximum Gasteiger partial charge on any atom is 0.254 e. The molecule has 8 nitrogen and oxygen atoms in total. The van der Waals surface area contributed by atoms with Gasteiger partial charge in [0, 0.05) is 44.7 Å². The summed E-state index contributed by atoms with van der Waals surface area (Å²) in [5.74, 6) is -1.11. The quantitative estimate of drug-likeness (QED) is 0.628. The summed E-state index contributed by atoms with van der Waals surface area (Å²) in [6.07, 6.45) is 0.905. The molecule has 0 spiro atoms. The van der Waals surface area contributed by atoms with Crippen molar-refractivity contribution in [1.29, 1.82) is 0 Å². The number of nitrogens with one attached hydrogen (secondary N) is 2. The molecule has 2 unspecified atom stereocenters. The number of carbonyl (C=O) groups is 1. The molecule has 2 atom stereocenters. The molecule has 1 aromatic rings. The first-order chi connectivity index (χ1) is 13.9. The maximum absolute atomic E-state index is 14.3. The van der Waals surface area contributed by atoms with Gasteiger partial charge in [-0.3, -0.25) is 9.69 Å². The van der Waals surface area contributed by atoms with E-state index in [9.17, 15) is 17.6 Å². The largest absolute Gasteiger partial charge is 0.381 e. The van der Waals surface area contributed by atoms with E-state index in [0.29, 0.717) is 33.0 Å². The van der Waals surface area contributed by atoms with Crippen LogP contribution in [0.1, 0.15) is 23.7 Å². The highest BCUT2D eigenvalue weighted by atomic mass is 32.2. The second kappa shape index (κ2) is 9.94. The van der Waals surface area contributed by atoms with Crippen molar-refractivity contribution < 1.29 is 27.1 Å². The SMILES string of the molecule is CCNS(=O)(=O)c1ccc(F)c(C(=O)NCC(C2CCOC2)N2CCOCC2)c1. The zero-order valence-electron chi connectivity index (χ0n) is 16.5. The Balaban J connectivity index is 1.72. The summed E-state index contributed by atoms with van der Waals surface area (Å²) >= 11 is 0. The highest BCUT2D eigenvalue weighted by molar-refractivity contribution is 7.89. The van der Waals surface area contributed by atoms with E-state index in [1.807, 2.05) is 0 Å². The van der Waals surface area contributed by atoms with E-state index in [1.165, 1.54) is 0 Å². The number of halogens is 1. The second-order valence-corrected chi connectivity index (χ2v) is 8.96. The average Bonchev–Trinajstić information content (AvgIpc) is 3.23. The van der Waals surface area contributed by atoms with Gasteiger partial charge in [0.15, 0.2) is 0 Å². The summed E-state index contributed by atoms with van der Waals surface area (Å²) in [7, 11) is -3.78. The summed E-state index contributed by atoms with van der Waals surface area (Å²) in [4.78, 5) is 14.8. The normalized spacial score (nSPS) is 21.8. The Hall–Kier alpha value is -1.59. The van der Waals surface area contributed by atoms with Gasteiger partial charge in [0.25, 0.3) is 5.91 Å². The van der Waals surface area contributed by atoms with Crippen LogP contribution in [-0.4, -0.2) is 77.9 Å². The lowest BCUT2D eigenvalue weighted by Crippen LogP contribution is -2.52. The molecule has 2 heterocycles. The third-order valence-electron chi connectivity index (χ3n) is 5.32. The van der Waals surface area contributed by atoms with Crippen LogP contribution in [0.2, 0.25) is 0 Å². The second-order valence-electron chi connectivity index (χ2n) is 7.19. The molecular weight excluding hydrogens is 401 g/mol. The van der Waals surface area contributed by atoms with E-state index >= 15 is 0 Å². The molecule has 0 saturated carbocycles. The molecule has 3 rings (SSSR count). The number of sulfonamides is 1. The first-order valence-electron chi connectivity index (χ1n) is 9.89. The fourth-order valence-corrected chi connectivity index (χ4v) is 4.84. The van der Waals surface area contributed by atoms with Crippen LogP contribution in [0.25, 0.3) is 0 Å². The van der Waals surface area contributed by atoms with Crippen molar-refractivity contribution in [1.82, 2.24) is 14.9 Å². The molecule has 10 heteroatoms. The lowest BCUT2D eigenvalue weighted by Gasteiger charge is -2.37. The van der Waals surface area contributed by atoms with Crippen molar-refractivity contribution in [3.05, 3.63) is 29.6 Å². The van der Waals surface area contributed by atoms with Crippen LogP contribution in [0.15, 0.2) is 23.1 Å². The van der Waals surface area contributed by atoms with Crippen LogP contribution < -0.4 is 10.0 Å². The van der Waals surface area contributed by atoms with Crippen molar-refractivity contribution in [3.63, 3.8) is 0 Å². The molecule has 0 radical (unpaired) electrons. The van der Waals surface area contributed by atoms with E-state index in [4.69, 9.17) is 9.47 Å². The third kappa shape index (κ3) is 5.52. The number of rotatable bonds is 8. The zero-order valence-corrected chi connectivity index (χ0v) is 17.3. The minimum Gasteiger partial charge on any atom is -0.381 e. The summed E-state index contributed by atoms with van der Waals surface area (Å²) in [6, 6.07) is 3.28. The van der Waals surface area contributed by atoms with Gasteiger partial charge in [-0.1, -0.05) is 6.92 Å². The number of amides is 1. The van der Waals surface area contributed by atoms with Gasteiger partial charge in [0.05, 0.1) is 30.3 Å². The molecule has 0 bridgehead atoms. The van der Waals surface area contributed by atoms with Crippen LogP contribution >= 0.6 is 0 Å². The summed E-state index contributed by atoms with van der Waals surface area (Å²) < 4.78 is 51.9. The van der Waals surface area contributed by atoms with E-state index in [1.54, 1.807) is 6.92 Å². The monoisotopic (exact) mass is 429 g/mol. The van der Waals surface area contributed by atoms with Crippen LogP contribution in [0.3, 0.4) is 0 Å². The lowest BCUT2D eigenvalue weighted by molar-refractivity contribution is 0.00165. The Morgan fingerprint density at radius 3 is 2.69 bits per heavy atom. The van der Waals surface area contributed by atoms with Gasteiger partial charge in [-0.15, -0.1) is 0 Å². The van der Waals surface area contributed by atoms with Crippen molar-refractivity contribution in [2.75, 3.05) is 52.6 Å². The number of carbonyl (C=O) groups excluding carboxylic acids is 1. The molecular formula is C19H28FN3O5S. The Bertz CT molecular complexity index is 808. The van der Waals surface area contributed by atoms with Crippen LogP contribution in [0.4, 0.5) is 4.39 Å². The third-order valence-corrected chi connectivity index (χ3v) is 6.87. The molecule has 2 fully saturated rings. The molecule has 2 saturated heterocycles. The summed E-state index contributed by atoms with van der Waals surface area (Å²) in [5, 5.41) is 2.79. The van der Waals surface area contributed by atoms with Gasteiger partial charge < -0.3 is 14.8 Å². The fraction of sp³-hybridized carbons (Fsp3) is 0.632. The first-order valence-corrected chi connectivity index (χ1v) is 11.4. The van der Waals surface area contributed by atoms with Gasteiger partial charge in [-0.2, -0.15) is 0 Å². The Morgan fingerprint density at radius 2 is 2.03 bits per heavy atom.